The van der Waals surface area contributed by atoms with Crippen molar-refractivity contribution in [1.82, 2.24) is 5.32 Å². The Morgan fingerprint density at radius 2 is 1.96 bits per heavy atom. The smallest absolute Gasteiger partial charge is 0.261 e. The minimum absolute atomic E-state index is 0.0317. The van der Waals surface area contributed by atoms with Crippen LogP contribution in [0.3, 0.4) is 0 Å². The number of nitrogens with one attached hydrogen (secondary N) is 1. The van der Waals surface area contributed by atoms with Crippen LogP contribution in [0.5, 0.6) is 11.5 Å². The second kappa shape index (κ2) is 7.48. The van der Waals surface area contributed by atoms with Gasteiger partial charge in [0.05, 0.1) is 4.88 Å². The van der Waals surface area contributed by atoms with E-state index in [-0.39, 0.29) is 5.91 Å². The summed E-state index contributed by atoms with van der Waals surface area (Å²) in [5, 5.41) is 2.92. The Kier molecular flexibility index (Phi) is 5.15. The van der Waals surface area contributed by atoms with Gasteiger partial charge in [-0.2, -0.15) is 0 Å². The van der Waals surface area contributed by atoms with E-state index in [1.54, 1.807) is 0 Å². The quantitative estimate of drug-likeness (QED) is 0.798. The minimum Gasteiger partial charge on any atom is -0.486 e. The molecule has 0 bridgehead atoms. The summed E-state index contributed by atoms with van der Waals surface area (Å²) in [6.45, 7) is 2.47. The lowest BCUT2D eigenvalue weighted by atomic mass is 10.1. The van der Waals surface area contributed by atoms with E-state index in [1.165, 1.54) is 11.3 Å². The highest BCUT2D eigenvalue weighted by Gasteiger charge is 2.14. The first-order valence-corrected chi connectivity index (χ1v) is 8.57. The van der Waals surface area contributed by atoms with Crippen LogP contribution in [-0.4, -0.2) is 32.2 Å². The highest BCUT2D eigenvalue weighted by molar-refractivity contribution is 7.17. The number of carbonyl (C=O) groups is 1. The van der Waals surface area contributed by atoms with Gasteiger partial charge < -0.3 is 20.5 Å². The molecule has 122 valence electrons. The van der Waals surface area contributed by atoms with Gasteiger partial charge in [0, 0.05) is 11.4 Å². The van der Waals surface area contributed by atoms with Crippen LogP contribution in [0.25, 0.3) is 10.4 Å². The van der Waals surface area contributed by atoms with Crippen molar-refractivity contribution < 1.29 is 14.3 Å². The number of benzene rings is 1. The average molecular weight is 332 g/mol. The molecule has 1 aliphatic rings. The lowest BCUT2D eigenvalue weighted by molar-refractivity contribution is 0.0957. The van der Waals surface area contributed by atoms with Crippen LogP contribution in [-0.2, 0) is 0 Å². The van der Waals surface area contributed by atoms with Gasteiger partial charge in [0.15, 0.2) is 11.5 Å². The number of rotatable bonds is 6. The Balaban J connectivity index is 1.68. The van der Waals surface area contributed by atoms with E-state index in [0.717, 1.165) is 34.8 Å². The molecular formula is C17H20N2O3S. The Morgan fingerprint density at radius 3 is 2.78 bits per heavy atom. The first-order valence-electron chi connectivity index (χ1n) is 7.76. The molecule has 1 aromatic carbocycles. The van der Waals surface area contributed by atoms with Crippen molar-refractivity contribution in [3.8, 4) is 21.9 Å². The maximum absolute atomic E-state index is 12.1. The standard InChI is InChI=1S/C17H20N2O3S/c18-7-1-2-8-19-17(20)16-6-5-15(23-16)12-3-4-13-14(11-12)22-10-9-21-13/h3-6,11H,1-2,7-10,18H2,(H,19,20). The van der Waals surface area contributed by atoms with Crippen molar-refractivity contribution in [2.45, 2.75) is 12.8 Å². The Labute approximate surface area is 139 Å². The van der Waals surface area contributed by atoms with Gasteiger partial charge in [-0.25, -0.2) is 0 Å². The van der Waals surface area contributed by atoms with Crippen molar-refractivity contribution in [2.24, 2.45) is 5.73 Å². The first-order chi connectivity index (χ1) is 11.3. The van der Waals surface area contributed by atoms with Gasteiger partial charge >= 0.3 is 0 Å². The molecule has 0 saturated carbocycles. The van der Waals surface area contributed by atoms with Gasteiger partial charge in [0.1, 0.15) is 13.2 Å². The van der Waals surface area contributed by atoms with Crippen LogP contribution in [0.2, 0.25) is 0 Å². The largest absolute Gasteiger partial charge is 0.486 e. The molecule has 0 unspecified atom stereocenters. The third kappa shape index (κ3) is 3.83. The summed E-state index contributed by atoms with van der Waals surface area (Å²) in [6, 6.07) is 9.68. The van der Waals surface area contributed by atoms with E-state index in [9.17, 15) is 4.79 Å². The van der Waals surface area contributed by atoms with Crippen molar-refractivity contribution in [2.75, 3.05) is 26.3 Å². The normalized spacial score (nSPS) is 12.9. The number of amides is 1. The van der Waals surface area contributed by atoms with Crippen LogP contribution in [0.1, 0.15) is 22.5 Å². The fourth-order valence-electron chi connectivity index (χ4n) is 2.37. The molecule has 3 N–H and O–H groups in total. The van der Waals surface area contributed by atoms with Crippen molar-refractivity contribution in [3.63, 3.8) is 0 Å². The summed E-state index contributed by atoms with van der Waals surface area (Å²) >= 11 is 1.48. The van der Waals surface area contributed by atoms with Crippen LogP contribution in [0.15, 0.2) is 30.3 Å². The third-order valence-corrected chi connectivity index (χ3v) is 4.71. The van der Waals surface area contributed by atoms with Gasteiger partial charge in [0.2, 0.25) is 0 Å². The van der Waals surface area contributed by atoms with E-state index in [0.29, 0.717) is 31.2 Å². The van der Waals surface area contributed by atoms with Crippen molar-refractivity contribution in [3.05, 3.63) is 35.2 Å². The molecule has 2 aromatic rings. The Morgan fingerprint density at radius 1 is 1.13 bits per heavy atom. The second-order valence-corrected chi connectivity index (χ2v) is 6.36. The molecule has 0 atom stereocenters. The third-order valence-electron chi connectivity index (χ3n) is 3.57. The zero-order valence-corrected chi connectivity index (χ0v) is 13.7. The second-order valence-electron chi connectivity index (χ2n) is 5.27. The number of hydrogen-bond donors (Lipinski definition) is 2. The number of fused-ring (bicyclic) bond motifs is 1. The summed E-state index contributed by atoms with van der Waals surface area (Å²) in [7, 11) is 0. The number of carbonyl (C=O) groups excluding carboxylic acids is 1. The molecule has 0 aliphatic carbocycles. The molecule has 23 heavy (non-hydrogen) atoms. The summed E-state index contributed by atoms with van der Waals surface area (Å²) < 4.78 is 11.1. The predicted octanol–water partition coefficient (Wildman–Crippen LogP) is 2.66. The summed E-state index contributed by atoms with van der Waals surface area (Å²) in [5.41, 5.74) is 6.47. The molecule has 3 rings (SSSR count). The lowest BCUT2D eigenvalue weighted by Gasteiger charge is -2.18. The molecule has 0 saturated heterocycles. The molecule has 0 fully saturated rings. The Bertz CT molecular complexity index is 684. The van der Waals surface area contributed by atoms with Crippen LogP contribution < -0.4 is 20.5 Å². The number of unbranched alkanes of at least 4 members (excludes halogenated alkanes) is 1. The lowest BCUT2D eigenvalue weighted by Crippen LogP contribution is -2.23. The summed E-state index contributed by atoms with van der Waals surface area (Å²) in [4.78, 5) is 13.9. The van der Waals surface area contributed by atoms with Crippen LogP contribution in [0.4, 0.5) is 0 Å². The van der Waals surface area contributed by atoms with Crippen LogP contribution in [0, 0.1) is 0 Å². The molecule has 0 spiro atoms. The highest BCUT2D eigenvalue weighted by atomic mass is 32.1. The van der Waals surface area contributed by atoms with E-state index < -0.39 is 0 Å². The zero-order valence-electron chi connectivity index (χ0n) is 12.8. The first kappa shape index (κ1) is 15.8. The monoisotopic (exact) mass is 332 g/mol. The Hall–Kier alpha value is -2.05. The summed E-state index contributed by atoms with van der Waals surface area (Å²) in [6.07, 6.45) is 1.83. The maximum atomic E-state index is 12.1. The van der Waals surface area contributed by atoms with Gasteiger partial charge in [-0.3, -0.25) is 4.79 Å². The molecule has 0 radical (unpaired) electrons. The summed E-state index contributed by atoms with van der Waals surface area (Å²) in [5.74, 6) is 1.50. The molecule has 1 aliphatic heterocycles. The van der Waals surface area contributed by atoms with E-state index in [2.05, 4.69) is 5.32 Å². The number of ether oxygens (including phenoxy) is 2. The predicted molar refractivity (Wildman–Crippen MR) is 91.4 cm³/mol. The maximum Gasteiger partial charge on any atom is 0.261 e. The molecule has 2 heterocycles. The van der Waals surface area contributed by atoms with E-state index in [1.807, 2.05) is 30.3 Å². The minimum atomic E-state index is -0.0317. The number of thiophene rings is 1. The van der Waals surface area contributed by atoms with Gasteiger partial charge in [-0.15, -0.1) is 11.3 Å². The number of hydrogen-bond acceptors (Lipinski definition) is 5. The molecule has 1 aromatic heterocycles. The average Bonchev–Trinajstić information content (AvgIpc) is 3.08. The van der Waals surface area contributed by atoms with Gasteiger partial charge in [-0.1, -0.05) is 0 Å². The fraction of sp³-hybridized carbons (Fsp3) is 0.353. The SMILES string of the molecule is NCCCCNC(=O)c1ccc(-c2ccc3c(c2)OCCO3)s1. The molecule has 6 heteroatoms. The number of nitrogens with two attached hydrogens (primary N) is 1. The highest BCUT2D eigenvalue weighted by Crippen LogP contribution is 2.36. The fourth-order valence-corrected chi connectivity index (χ4v) is 3.29. The van der Waals surface area contributed by atoms with Gasteiger partial charge in [-0.05, 0) is 55.3 Å². The molecule has 1 amide bonds. The van der Waals surface area contributed by atoms with Crippen molar-refractivity contribution in [1.29, 1.82) is 0 Å². The van der Waals surface area contributed by atoms with Crippen molar-refractivity contribution >= 4 is 17.2 Å². The molecule has 5 nitrogen and oxygen atoms in total. The topological polar surface area (TPSA) is 73.6 Å². The van der Waals surface area contributed by atoms with E-state index in [4.69, 9.17) is 15.2 Å². The van der Waals surface area contributed by atoms with E-state index >= 15 is 0 Å². The van der Waals surface area contributed by atoms with Crippen LogP contribution >= 0.6 is 11.3 Å². The van der Waals surface area contributed by atoms with Gasteiger partial charge in [0.25, 0.3) is 5.91 Å². The zero-order chi connectivity index (χ0) is 16.1. The molecular weight excluding hydrogens is 312 g/mol.